The zero-order valence-corrected chi connectivity index (χ0v) is 9.91. The number of nitrogens with zero attached hydrogens (tertiary/aromatic N) is 1. The predicted molar refractivity (Wildman–Crippen MR) is 57.2 cm³/mol. The van der Waals surface area contributed by atoms with Gasteiger partial charge in [0, 0.05) is 13.5 Å². The molecule has 1 rings (SSSR count). The van der Waals surface area contributed by atoms with Crippen LogP contribution >= 0.6 is 0 Å². The Morgan fingerprint density at radius 2 is 2.19 bits per heavy atom. The second kappa shape index (κ2) is 6.27. The van der Waals surface area contributed by atoms with E-state index in [1.165, 1.54) is 7.11 Å². The summed E-state index contributed by atoms with van der Waals surface area (Å²) in [6.07, 6.45) is 2.76. The number of aryl methyl sites for hydroxylation is 1. The number of hydrogen-bond acceptors (Lipinski definition) is 5. The lowest BCUT2D eigenvalue weighted by Gasteiger charge is -1.96. The molecule has 1 aromatic rings. The van der Waals surface area contributed by atoms with Crippen molar-refractivity contribution < 1.29 is 18.7 Å². The molecule has 5 nitrogen and oxygen atoms in total. The first-order chi connectivity index (χ1) is 7.72. The highest BCUT2D eigenvalue weighted by atomic mass is 16.5. The number of carbonyl (C=O) groups is 1. The van der Waals surface area contributed by atoms with E-state index in [1.807, 2.05) is 0 Å². The van der Waals surface area contributed by atoms with Crippen molar-refractivity contribution in [2.24, 2.45) is 0 Å². The van der Waals surface area contributed by atoms with Gasteiger partial charge < -0.3 is 13.9 Å². The van der Waals surface area contributed by atoms with E-state index < -0.39 is 5.97 Å². The SMILES string of the molecule is CCCCc1nc(COC)c(C(=O)OC)o1. The Bertz CT molecular complexity index is 346. The van der Waals surface area contributed by atoms with Crippen LogP contribution in [0.1, 0.15) is 41.9 Å². The maximum Gasteiger partial charge on any atom is 0.376 e. The fourth-order valence-corrected chi connectivity index (χ4v) is 1.32. The number of hydrogen-bond donors (Lipinski definition) is 0. The summed E-state index contributed by atoms with van der Waals surface area (Å²) in [5.41, 5.74) is 0.500. The molecule has 0 radical (unpaired) electrons. The van der Waals surface area contributed by atoms with Crippen LogP contribution in [-0.2, 0) is 22.5 Å². The molecule has 0 bridgehead atoms. The third-order valence-electron chi connectivity index (χ3n) is 2.14. The Labute approximate surface area is 94.8 Å². The van der Waals surface area contributed by atoms with Crippen LogP contribution in [0.3, 0.4) is 0 Å². The van der Waals surface area contributed by atoms with Crippen molar-refractivity contribution in [1.29, 1.82) is 0 Å². The van der Waals surface area contributed by atoms with Crippen LogP contribution in [0.25, 0.3) is 0 Å². The summed E-state index contributed by atoms with van der Waals surface area (Å²) in [5.74, 6) is 0.201. The van der Waals surface area contributed by atoms with E-state index in [1.54, 1.807) is 7.11 Å². The maximum atomic E-state index is 11.4. The van der Waals surface area contributed by atoms with Crippen molar-refractivity contribution >= 4 is 5.97 Å². The Morgan fingerprint density at radius 1 is 1.44 bits per heavy atom. The summed E-state index contributed by atoms with van der Waals surface area (Å²) in [5, 5.41) is 0. The van der Waals surface area contributed by atoms with Crippen molar-refractivity contribution in [2.45, 2.75) is 32.8 Å². The van der Waals surface area contributed by atoms with Gasteiger partial charge in [-0.1, -0.05) is 13.3 Å². The van der Waals surface area contributed by atoms with Crippen molar-refractivity contribution in [1.82, 2.24) is 4.98 Å². The second-order valence-corrected chi connectivity index (χ2v) is 3.41. The predicted octanol–water partition coefficient (Wildman–Crippen LogP) is 1.95. The molecule has 5 heteroatoms. The summed E-state index contributed by atoms with van der Waals surface area (Å²) in [6.45, 7) is 2.33. The topological polar surface area (TPSA) is 61.6 Å². The van der Waals surface area contributed by atoms with E-state index in [4.69, 9.17) is 9.15 Å². The van der Waals surface area contributed by atoms with Crippen LogP contribution in [0, 0.1) is 0 Å². The first kappa shape index (κ1) is 12.7. The maximum absolute atomic E-state index is 11.4. The van der Waals surface area contributed by atoms with Crippen molar-refractivity contribution in [2.75, 3.05) is 14.2 Å². The van der Waals surface area contributed by atoms with Crippen LogP contribution in [-0.4, -0.2) is 25.2 Å². The third-order valence-corrected chi connectivity index (χ3v) is 2.14. The summed E-state index contributed by atoms with van der Waals surface area (Å²) >= 11 is 0. The van der Waals surface area contributed by atoms with Crippen molar-refractivity contribution in [3.8, 4) is 0 Å². The molecule has 0 saturated heterocycles. The van der Waals surface area contributed by atoms with Crippen LogP contribution in [0.4, 0.5) is 0 Å². The number of rotatable bonds is 6. The van der Waals surface area contributed by atoms with E-state index in [-0.39, 0.29) is 12.4 Å². The zero-order chi connectivity index (χ0) is 12.0. The van der Waals surface area contributed by atoms with Crippen LogP contribution in [0.5, 0.6) is 0 Å². The van der Waals surface area contributed by atoms with Gasteiger partial charge in [0.2, 0.25) is 5.76 Å². The van der Waals surface area contributed by atoms with Gasteiger partial charge in [-0.05, 0) is 6.42 Å². The molecule has 0 spiro atoms. The van der Waals surface area contributed by atoms with Crippen molar-refractivity contribution in [3.63, 3.8) is 0 Å². The lowest BCUT2D eigenvalue weighted by molar-refractivity contribution is 0.0556. The number of esters is 1. The number of methoxy groups -OCH3 is 2. The van der Waals surface area contributed by atoms with Gasteiger partial charge in [-0.3, -0.25) is 0 Å². The van der Waals surface area contributed by atoms with Gasteiger partial charge in [-0.25, -0.2) is 9.78 Å². The normalized spacial score (nSPS) is 10.4. The zero-order valence-electron chi connectivity index (χ0n) is 9.91. The molecule has 0 aromatic carbocycles. The fraction of sp³-hybridized carbons (Fsp3) is 0.636. The highest BCUT2D eigenvalue weighted by Crippen LogP contribution is 2.15. The number of aromatic nitrogens is 1. The van der Waals surface area contributed by atoms with Crippen LogP contribution < -0.4 is 0 Å². The Hall–Kier alpha value is -1.36. The average molecular weight is 227 g/mol. The smallest absolute Gasteiger partial charge is 0.376 e. The van der Waals surface area contributed by atoms with Crippen LogP contribution in [0.15, 0.2) is 4.42 Å². The Morgan fingerprint density at radius 3 is 2.75 bits per heavy atom. The first-order valence-corrected chi connectivity index (χ1v) is 5.28. The summed E-state index contributed by atoms with van der Waals surface area (Å²) in [4.78, 5) is 15.6. The molecule has 0 aliphatic carbocycles. The lowest BCUT2D eigenvalue weighted by atomic mass is 10.2. The van der Waals surface area contributed by atoms with Crippen molar-refractivity contribution in [3.05, 3.63) is 17.3 Å². The minimum Gasteiger partial charge on any atom is -0.463 e. The molecule has 0 aliphatic rings. The van der Waals surface area contributed by atoms with Gasteiger partial charge in [0.15, 0.2) is 5.89 Å². The standard InChI is InChI=1S/C11H17NO4/c1-4-5-6-9-12-8(7-14-2)10(16-9)11(13)15-3/h4-7H2,1-3H3. The van der Waals surface area contributed by atoms with E-state index in [9.17, 15) is 4.79 Å². The molecule has 1 aromatic heterocycles. The molecule has 1 heterocycles. The molecule has 0 fully saturated rings. The highest BCUT2D eigenvalue weighted by Gasteiger charge is 2.20. The lowest BCUT2D eigenvalue weighted by Crippen LogP contribution is -2.04. The third kappa shape index (κ3) is 3.06. The molecule has 0 N–H and O–H groups in total. The molecule has 90 valence electrons. The highest BCUT2D eigenvalue weighted by molar-refractivity contribution is 5.87. The van der Waals surface area contributed by atoms with Gasteiger partial charge in [0.05, 0.1) is 13.7 Å². The molecule has 0 saturated carbocycles. The summed E-state index contributed by atoms with van der Waals surface area (Å²) in [7, 11) is 2.86. The Balaban J connectivity index is 2.86. The molecule has 0 atom stereocenters. The molecular weight excluding hydrogens is 210 g/mol. The summed E-state index contributed by atoms with van der Waals surface area (Å²) in [6, 6.07) is 0. The van der Waals surface area contributed by atoms with Gasteiger partial charge in [-0.15, -0.1) is 0 Å². The van der Waals surface area contributed by atoms with Gasteiger partial charge in [-0.2, -0.15) is 0 Å². The number of unbranched alkanes of at least 4 members (excludes halogenated alkanes) is 1. The number of oxazole rings is 1. The number of ether oxygens (including phenoxy) is 2. The molecule has 16 heavy (non-hydrogen) atoms. The van der Waals surface area contributed by atoms with Gasteiger partial charge in [0.1, 0.15) is 5.69 Å². The molecule has 0 amide bonds. The first-order valence-electron chi connectivity index (χ1n) is 5.28. The summed E-state index contributed by atoms with van der Waals surface area (Å²) < 4.78 is 14.9. The van der Waals surface area contributed by atoms with E-state index in [0.717, 1.165) is 19.3 Å². The molecule has 0 unspecified atom stereocenters. The van der Waals surface area contributed by atoms with E-state index in [0.29, 0.717) is 11.6 Å². The number of carbonyl (C=O) groups excluding carboxylic acids is 1. The largest absolute Gasteiger partial charge is 0.463 e. The van der Waals surface area contributed by atoms with Gasteiger partial charge in [0.25, 0.3) is 0 Å². The average Bonchev–Trinajstić information content (AvgIpc) is 2.69. The molecule has 0 aliphatic heterocycles. The minimum absolute atomic E-state index is 0.149. The fourth-order valence-electron chi connectivity index (χ4n) is 1.32. The van der Waals surface area contributed by atoms with Crippen LogP contribution in [0.2, 0.25) is 0 Å². The van der Waals surface area contributed by atoms with E-state index >= 15 is 0 Å². The van der Waals surface area contributed by atoms with Gasteiger partial charge >= 0.3 is 5.97 Å². The minimum atomic E-state index is -0.512. The Kier molecular flexibility index (Phi) is 4.98. The quantitative estimate of drug-likeness (QED) is 0.695. The second-order valence-electron chi connectivity index (χ2n) is 3.41. The monoisotopic (exact) mass is 227 g/mol. The molecular formula is C11H17NO4. The van der Waals surface area contributed by atoms with E-state index in [2.05, 4.69) is 16.6 Å².